The van der Waals surface area contributed by atoms with E-state index in [1.54, 1.807) is 6.92 Å². The van der Waals surface area contributed by atoms with Crippen LogP contribution < -0.4 is 0 Å². The molecule has 1 fully saturated rings. The Bertz CT molecular complexity index is 419. The van der Waals surface area contributed by atoms with Gasteiger partial charge in [0.1, 0.15) is 6.61 Å². The van der Waals surface area contributed by atoms with Crippen molar-refractivity contribution < 1.29 is 28.8 Å². The first kappa shape index (κ1) is 17.9. The third-order valence-electron chi connectivity index (χ3n) is 2.86. The number of nitrogens with zero attached hydrogens (tertiary/aromatic N) is 2. The first-order valence-corrected chi connectivity index (χ1v) is 7.40. The van der Waals surface area contributed by atoms with Crippen molar-refractivity contribution in [3.63, 3.8) is 0 Å². The topological polar surface area (TPSA) is 94.5 Å². The van der Waals surface area contributed by atoms with Gasteiger partial charge in [-0.15, -0.1) is 5.06 Å². The van der Waals surface area contributed by atoms with Crippen LogP contribution in [0.4, 0.5) is 0 Å². The average molecular weight is 314 g/mol. The third kappa shape index (κ3) is 6.55. The molecule has 1 rings (SSSR count). The molecule has 1 saturated heterocycles. The minimum absolute atomic E-state index is 0.102. The fourth-order valence-corrected chi connectivity index (χ4v) is 1.79. The summed E-state index contributed by atoms with van der Waals surface area (Å²) in [6, 6.07) is 0. The molecule has 1 heterocycles. The molecule has 0 aromatic carbocycles. The molecular weight excluding hydrogens is 292 g/mol. The number of hydroxylamine groups is 2. The molecule has 1 aliphatic heterocycles. The lowest BCUT2D eigenvalue weighted by atomic mass is 10.2. The highest BCUT2D eigenvalue weighted by atomic mass is 16.7. The number of carbonyl (C=O) groups is 3. The summed E-state index contributed by atoms with van der Waals surface area (Å²) in [7, 11) is 0. The van der Waals surface area contributed by atoms with Crippen molar-refractivity contribution in [3.8, 4) is 0 Å². The Morgan fingerprint density at radius 2 is 1.86 bits per heavy atom. The van der Waals surface area contributed by atoms with Crippen LogP contribution in [-0.4, -0.2) is 42.0 Å². The second-order valence-corrected chi connectivity index (χ2v) is 4.73. The molecule has 1 aliphatic rings. The summed E-state index contributed by atoms with van der Waals surface area (Å²) in [5, 5.41) is 4.32. The second kappa shape index (κ2) is 9.75. The van der Waals surface area contributed by atoms with E-state index in [9.17, 15) is 14.4 Å². The first-order valence-electron chi connectivity index (χ1n) is 7.40. The number of amides is 2. The predicted octanol–water partition coefficient (Wildman–Crippen LogP) is 1.54. The first-order chi connectivity index (χ1) is 10.5. The SMILES string of the molecule is CCO/C(C)=N\OCCCCCC(=O)ON1C(=O)CCC1=O. The molecular formula is C14H22N2O6. The molecule has 22 heavy (non-hydrogen) atoms. The fourth-order valence-electron chi connectivity index (χ4n) is 1.79. The highest BCUT2D eigenvalue weighted by Crippen LogP contribution is 2.13. The van der Waals surface area contributed by atoms with Crippen LogP contribution in [0.2, 0.25) is 0 Å². The standard InChI is InChI=1S/C14H22N2O6/c1-3-20-11(2)15-21-10-6-4-5-7-14(19)22-16-12(17)8-9-13(16)18/h3-10H2,1-2H3/b15-11-. The number of imide groups is 1. The molecule has 0 aromatic rings. The van der Waals surface area contributed by atoms with Crippen molar-refractivity contribution >= 4 is 23.7 Å². The van der Waals surface area contributed by atoms with Gasteiger partial charge in [-0.25, -0.2) is 4.79 Å². The minimum atomic E-state index is -0.574. The second-order valence-electron chi connectivity index (χ2n) is 4.73. The Balaban J connectivity index is 2.05. The lowest BCUT2D eigenvalue weighted by Gasteiger charge is -2.12. The Labute approximate surface area is 129 Å². The maximum Gasteiger partial charge on any atom is 0.333 e. The van der Waals surface area contributed by atoms with Crippen LogP contribution in [0.3, 0.4) is 0 Å². The van der Waals surface area contributed by atoms with E-state index < -0.39 is 17.8 Å². The van der Waals surface area contributed by atoms with Crippen LogP contribution in [0.15, 0.2) is 5.16 Å². The van der Waals surface area contributed by atoms with Gasteiger partial charge in [0.05, 0.1) is 6.61 Å². The molecule has 8 heteroatoms. The monoisotopic (exact) mass is 314 g/mol. The Morgan fingerprint density at radius 1 is 1.18 bits per heavy atom. The maximum absolute atomic E-state index is 11.5. The van der Waals surface area contributed by atoms with E-state index in [0.717, 1.165) is 12.8 Å². The lowest BCUT2D eigenvalue weighted by Crippen LogP contribution is -2.31. The van der Waals surface area contributed by atoms with E-state index in [1.807, 2.05) is 6.92 Å². The van der Waals surface area contributed by atoms with Crippen LogP contribution in [0.25, 0.3) is 0 Å². The van der Waals surface area contributed by atoms with Gasteiger partial charge in [0.15, 0.2) is 0 Å². The van der Waals surface area contributed by atoms with E-state index >= 15 is 0 Å². The molecule has 2 amide bonds. The van der Waals surface area contributed by atoms with Crippen molar-refractivity contribution in [3.05, 3.63) is 0 Å². The van der Waals surface area contributed by atoms with E-state index in [4.69, 9.17) is 14.4 Å². The molecule has 0 radical (unpaired) electrons. The van der Waals surface area contributed by atoms with Gasteiger partial charge in [-0.05, 0) is 26.2 Å². The van der Waals surface area contributed by atoms with E-state index in [1.165, 1.54) is 0 Å². The fraction of sp³-hybridized carbons (Fsp3) is 0.714. The summed E-state index contributed by atoms with van der Waals surface area (Å²) in [5.74, 6) is -1.02. The predicted molar refractivity (Wildman–Crippen MR) is 76.3 cm³/mol. The van der Waals surface area contributed by atoms with Crippen molar-refractivity contribution in [1.29, 1.82) is 0 Å². The van der Waals surface area contributed by atoms with Gasteiger partial charge in [-0.1, -0.05) is 5.16 Å². The summed E-state index contributed by atoms with van der Waals surface area (Å²) in [4.78, 5) is 43.8. The minimum Gasteiger partial charge on any atom is -0.479 e. The molecule has 0 aromatic heterocycles. The quantitative estimate of drug-likeness (QED) is 0.211. The zero-order chi connectivity index (χ0) is 16.4. The van der Waals surface area contributed by atoms with Gasteiger partial charge in [-0.3, -0.25) is 9.59 Å². The van der Waals surface area contributed by atoms with E-state index in [-0.39, 0.29) is 19.3 Å². The summed E-state index contributed by atoms with van der Waals surface area (Å²) < 4.78 is 5.09. The van der Waals surface area contributed by atoms with Crippen molar-refractivity contribution in [2.24, 2.45) is 5.16 Å². The Morgan fingerprint density at radius 3 is 2.50 bits per heavy atom. The number of hydrogen-bond donors (Lipinski definition) is 0. The molecule has 0 saturated carbocycles. The van der Waals surface area contributed by atoms with Crippen LogP contribution >= 0.6 is 0 Å². The highest BCUT2D eigenvalue weighted by molar-refractivity contribution is 6.01. The summed E-state index contributed by atoms with van der Waals surface area (Å²) in [6.07, 6.45) is 2.43. The van der Waals surface area contributed by atoms with Crippen molar-refractivity contribution in [1.82, 2.24) is 5.06 Å². The van der Waals surface area contributed by atoms with E-state index in [2.05, 4.69) is 5.16 Å². The summed E-state index contributed by atoms with van der Waals surface area (Å²) in [5.41, 5.74) is 0. The van der Waals surface area contributed by atoms with Crippen LogP contribution in [-0.2, 0) is 28.8 Å². The molecule has 0 unspecified atom stereocenters. The average Bonchev–Trinajstić information content (AvgIpc) is 2.78. The Kier molecular flexibility index (Phi) is 7.95. The summed E-state index contributed by atoms with van der Waals surface area (Å²) in [6.45, 7) is 4.55. The zero-order valence-electron chi connectivity index (χ0n) is 13.0. The van der Waals surface area contributed by atoms with Gasteiger partial charge in [0.2, 0.25) is 5.90 Å². The number of unbranched alkanes of at least 4 members (excludes halogenated alkanes) is 2. The molecule has 0 aliphatic carbocycles. The number of carbonyl (C=O) groups excluding carboxylic acids is 3. The van der Waals surface area contributed by atoms with Gasteiger partial charge < -0.3 is 14.4 Å². The number of ether oxygens (including phenoxy) is 1. The number of hydrogen-bond acceptors (Lipinski definition) is 7. The molecule has 0 bridgehead atoms. The van der Waals surface area contributed by atoms with Gasteiger partial charge in [-0.2, -0.15) is 0 Å². The van der Waals surface area contributed by atoms with Crippen LogP contribution in [0.1, 0.15) is 52.4 Å². The van der Waals surface area contributed by atoms with Crippen LogP contribution in [0, 0.1) is 0 Å². The van der Waals surface area contributed by atoms with Gasteiger partial charge in [0.25, 0.3) is 11.8 Å². The summed E-state index contributed by atoms with van der Waals surface area (Å²) >= 11 is 0. The third-order valence-corrected chi connectivity index (χ3v) is 2.86. The highest BCUT2D eigenvalue weighted by Gasteiger charge is 2.32. The van der Waals surface area contributed by atoms with Crippen molar-refractivity contribution in [2.45, 2.75) is 52.4 Å². The maximum atomic E-state index is 11.5. The lowest BCUT2D eigenvalue weighted by molar-refractivity contribution is -0.197. The van der Waals surface area contributed by atoms with Crippen molar-refractivity contribution in [2.75, 3.05) is 13.2 Å². The molecule has 124 valence electrons. The molecule has 0 N–H and O–H groups in total. The zero-order valence-corrected chi connectivity index (χ0v) is 13.0. The smallest absolute Gasteiger partial charge is 0.333 e. The Hall–Kier alpha value is -2.12. The molecule has 0 atom stereocenters. The van der Waals surface area contributed by atoms with Gasteiger partial charge >= 0.3 is 5.97 Å². The van der Waals surface area contributed by atoms with Crippen LogP contribution in [0.5, 0.6) is 0 Å². The molecule has 0 spiro atoms. The largest absolute Gasteiger partial charge is 0.479 e. The van der Waals surface area contributed by atoms with E-state index in [0.29, 0.717) is 30.6 Å². The number of oxime groups is 1. The van der Waals surface area contributed by atoms with Gasteiger partial charge in [0, 0.05) is 26.2 Å². The normalized spacial score (nSPS) is 15.2. The molecule has 8 nitrogen and oxygen atoms in total. The number of rotatable bonds is 9.